The molecule has 2 nitrogen and oxygen atoms in total. The Morgan fingerprint density at radius 2 is 1.93 bits per heavy atom. The van der Waals surface area contributed by atoms with E-state index >= 15 is 0 Å². The fourth-order valence-electron chi connectivity index (χ4n) is 1.34. The topological polar surface area (TPSA) is 32.3 Å². The molecule has 0 spiro atoms. The lowest BCUT2D eigenvalue weighted by Gasteiger charge is -2.12. The summed E-state index contributed by atoms with van der Waals surface area (Å²) in [7, 11) is 0. The van der Waals surface area contributed by atoms with Crippen LogP contribution in [0, 0.1) is 13.8 Å². The zero-order valence-corrected chi connectivity index (χ0v) is 11.2. The van der Waals surface area contributed by atoms with E-state index in [4.69, 9.17) is 11.6 Å². The van der Waals surface area contributed by atoms with E-state index in [-0.39, 0.29) is 5.88 Å². The van der Waals surface area contributed by atoms with Crippen molar-refractivity contribution in [3.63, 3.8) is 0 Å². The first-order valence-electron chi connectivity index (χ1n) is 4.79. The van der Waals surface area contributed by atoms with Crippen LogP contribution in [0.5, 0.6) is 0 Å². The lowest BCUT2D eigenvalue weighted by molar-refractivity contribution is 0.211. The van der Waals surface area contributed by atoms with E-state index < -0.39 is 6.10 Å². The molecule has 0 saturated heterocycles. The van der Waals surface area contributed by atoms with Crippen LogP contribution >= 0.6 is 27.5 Å². The molecule has 0 saturated carbocycles. The van der Waals surface area contributed by atoms with Crippen LogP contribution in [0.1, 0.15) is 11.1 Å². The number of hydrogen-bond donors (Lipinski definition) is 2. The van der Waals surface area contributed by atoms with Gasteiger partial charge in [0.1, 0.15) is 0 Å². The molecule has 0 aromatic heterocycles. The molecule has 15 heavy (non-hydrogen) atoms. The predicted molar refractivity (Wildman–Crippen MR) is 68.8 cm³/mol. The molecule has 0 amide bonds. The van der Waals surface area contributed by atoms with Crippen LogP contribution in [-0.2, 0) is 0 Å². The van der Waals surface area contributed by atoms with Gasteiger partial charge in [0.25, 0.3) is 0 Å². The summed E-state index contributed by atoms with van der Waals surface area (Å²) < 4.78 is 1.13. The molecule has 0 bridgehead atoms. The van der Waals surface area contributed by atoms with E-state index in [2.05, 4.69) is 21.2 Å². The molecule has 0 heterocycles. The van der Waals surface area contributed by atoms with Crippen molar-refractivity contribution in [1.82, 2.24) is 0 Å². The van der Waals surface area contributed by atoms with Gasteiger partial charge < -0.3 is 10.4 Å². The first-order chi connectivity index (χ1) is 7.04. The monoisotopic (exact) mass is 291 g/mol. The Hall–Kier alpha value is -0.250. The average molecular weight is 293 g/mol. The van der Waals surface area contributed by atoms with Crippen LogP contribution in [-0.4, -0.2) is 23.6 Å². The molecule has 84 valence electrons. The SMILES string of the molecule is Cc1cc(NCC(O)CCl)cc(C)c1Br. The lowest BCUT2D eigenvalue weighted by Crippen LogP contribution is -2.20. The Balaban J connectivity index is 2.70. The Morgan fingerprint density at radius 3 is 2.40 bits per heavy atom. The van der Waals surface area contributed by atoms with Crippen molar-refractivity contribution in [1.29, 1.82) is 0 Å². The lowest BCUT2D eigenvalue weighted by atomic mass is 10.1. The number of nitrogens with one attached hydrogen (secondary N) is 1. The second-order valence-corrected chi connectivity index (χ2v) is 4.71. The van der Waals surface area contributed by atoms with Crippen molar-refractivity contribution in [2.24, 2.45) is 0 Å². The fraction of sp³-hybridized carbons (Fsp3) is 0.455. The van der Waals surface area contributed by atoms with Gasteiger partial charge in [-0.15, -0.1) is 11.6 Å². The summed E-state index contributed by atoms with van der Waals surface area (Å²) in [5, 5.41) is 12.5. The minimum atomic E-state index is -0.504. The molecular weight excluding hydrogens is 277 g/mol. The summed E-state index contributed by atoms with van der Waals surface area (Å²) in [6.45, 7) is 4.56. The van der Waals surface area contributed by atoms with Crippen molar-refractivity contribution in [2.75, 3.05) is 17.7 Å². The van der Waals surface area contributed by atoms with Crippen molar-refractivity contribution in [3.05, 3.63) is 27.7 Å². The molecule has 0 fully saturated rings. The highest BCUT2D eigenvalue weighted by atomic mass is 79.9. The number of aliphatic hydroxyl groups is 1. The zero-order valence-electron chi connectivity index (χ0n) is 8.85. The number of halogens is 2. The third-order valence-corrected chi connectivity index (χ3v) is 3.76. The molecule has 1 unspecified atom stereocenters. The van der Waals surface area contributed by atoms with Crippen LogP contribution in [0.3, 0.4) is 0 Å². The highest BCUT2D eigenvalue weighted by Gasteiger charge is 2.04. The maximum Gasteiger partial charge on any atom is 0.0847 e. The van der Waals surface area contributed by atoms with Crippen LogP contribution in [0.25, 0.3) is 0 Å². The fourth-order valence-corrected chi connectivity index (χ4v) is 1.68. The van der Waals surface area contributed by atoms with Gasteiger partial charge in [-0.2, -0.15) is 0 Å². The number of benzene rings is 1. The van der Waals surface area contributed by atoms with Gasteiger partial charge in [-0.05, 0) is 37.1 Å². The second-order valence-electron chi connectivity index (χ2n) is 3.61. The van der Waals surface area contributed by atoms with E-state index in [0.717, 1.165) is 10.2 Å². The predicted octanol–water partition coefficient (Wildman–Crippen LogP) is 3.08. The summed E-state index contributed by atoms with van der Waals surface area (Å²) in [4.78, 5) is 0. The van der Waals surface area contributed by atoms with E-state index in [9.17, 15) is 5.11 Å². The van der Waals surface area contributed by atoms with Crippen molar-refractivity contribution in [3.8, 4) is 0 Å². The van der Waals surface area contributed by atoms with E-state index in [1.54, 1.807) is 0 Å². The second kappa shape index (κ2) is 5.73. The number of aryl methyl sites for hydroxylation is 2. The highest BCUT2D eigenvalue weighted by Crippen LogP contribution is 2.24. The van der Waals surface area contributed by atoms with E-state index in [1.807, 2.05) is 26.0 Å². The Bertz CT molecular complexity index is 320. The molecular formula is C11H15BrClNO. The summed E-state index contributed by atoms with van der Waals surface area (Å²) in [6.07, 6.45) is -0.504. The molecule has 0 aliphatic carbocycles. The van der Waals surface area contributed by atoms with Gasteiger partial charge in [-0.3, -0.25) is 0 Å². The average Bonchev–Trinajstić information content (AvgIpc) is 2.22. The normalized spacial score (nSPS) is 12.6. The van der Waals surface area contributed by atoms with E-state index in [0.29, 0.717) is 6.54 Å². The van der Waals surface area contributed by atoms with Gasteiger partial charge in [0.2, 0.25) is 0 Å². The third kappa shape index (κ3) is 3.67. The highest BCUT2D eigenvalue weighted by molar-refractivity contribution is 9.10. The molecule has 1 atom stereocenters. The Morgan fingerprint density at radius 1 is 1.40 bits per heavy atom. The quantitative estimate of drug-likeness (QED) is 0.836. The first kappa shape index (κ1) is 12.8. The van der Waals surface area contributed by atoms with Crippen LogP contribution in [0.4, 0.5) is 5.69 Å². The molecule has 2 N–H and O–H groups in total. The Labute approximate surface area is 104 Å². The van der Waals surface area contributed by atoms with Crippen molar-refractivity contribution < 1.29 is 5.11 Å². The number of alkyl halides is 1. The molecule has 1 aromatic carbocycles. The van der Waals surface area contributed by atoms with Crippen LogP contribution in [0.15, 0.2) is 16.6 Å². The molecule has 1 rings (SSSR count). The van der Waals surface area contributed by atoms with Gasteiger partial charge in [-0.25, -0.2) is 0 Å². The summed E-state index contributed by atoms with van der Waals surface area (Å²) >= 11 is 9.02. The summed E-state index contributed by atoms with van der Waals surface area (Å²) in [5.74, 6) is 0.251. The van der Waals surface area contributed by atoms with Crippen LogP contribution in [0.2, 0.25) is 0 Å². The maximum absolute atomic E-state index is 9.31. The van der Waals surface area contributed by atoms with Gasteiger partial charge >= 0.3 is 0 Å². The summed E-state index contributed by atoms with van der Waals surface area (Å²) in [6, 6.07) is 4.08. The largest absolute Gasteiger partial charge is 0.390 e. The Kier molecular flexibility index (Phi) is 4.90. The summed E-state index contributed by atoms with van der Waals surface area (Å²) in [5.41, 5.74) is 3.37. The van der Waals surface area contributed by atoms with Gasteiger partial charge in [-0.1, -0.05) is 15.9 Å². The molecule has 0 aliphatic rings. The molecule has 0 aliphatic heterocycles. The zero-order chi connectivity index (χ0) is 11.4. The smallest absolute Gasteiger partial charge is 0.0847 e. The third-order valence-electron chi connectivity index (χ3n) is 2.16. The minimum absolute atomic E-state index is 0.251. The van der Waals surface area contributed by atoms with E-state index in [1.165, 1.54) is 11.1 Å². The number of anilines is 1. The number of hydrogen-bond acceptors (Lipinski definition) is 2. The standard InChI is InChI=1S/C11H15BrClNO/c1-7-3-9(4-8(2)11(7)12)14-6-10(15)5-13/h3-4,10,14-15H,5-6H2,1-2H3. The molecule has 0 radical (unpaired) electrons. The number of rotatable bonds is 4. The molecule has 4 heteroatoms. The van der Waals surface area contributed by atoms with Crippen molar-refractivity contribution >= 4 is 33.2 Å². The van der Waals surface area contributed by atoms with Crippen LogP contribution < -0.4 is 5.32 Å². The minimum Gasteiger partial charge on any atom is -0.390 e. The van der Waals surface area contributed by atoms with Crippen molar-refractivity contribution in [2.45, 2.75) is 20.0 Å². The first-order valence-corrected chi connectivity index (χ1v) is 6.12. The maximum atomic E-state index is 9.31. The van der Waals surface area contributed by atoms with Gasteiger partial charge in [0, 0.05) is 16.7 Å². The van der Waals surface area contributed by atoms with Gasteiger partial charge in [0.15, 0.2) is 0 Å². The number of aliphatic hydroxyl groups excluding tert-OH is 1. The molecule has 1 aromatic rings. The van der Waals surface area contributed by atoms with Gasteiger partial charge in [0.05, 0.1) is 12.0 Å².